The number of nitrogens with zero attached hydrogens (tertiary/aromatic N) is 1. The largest absolute Gasteiger partial charge is 0.493 e. The van der Waals surface area contributed by atoms with Crippen LogP contribution in [0.3, 0.4) is 0 Å². The van der Waals surface area contributed by atoms with Gasteiger partial charge in [0.1, 0.15) is 5.82 Å². The van der Waals surface area contributed by atoms with Crippen LogP contribution in [0, 0.1) is 11.7 Å². The summed E-state index contributed by atoms with van der Waals surface area (Å²) in [5, 5.41) is 3.16. The topological polar surface area (TPSA) is 50.8 Å². The Morgan fingerprint density at radius 3 is 2.50 bits per heavy atom. The molecule has 2 aromatic rings. The molecule has 1 N–H and O–H groups in total. The first-order valence-corrected chi connectivity index (χ1v) is 10.4. The highest BCUT2D eigenvalue weighted by molar-refractivity contribution is 5.78. The molecule has 0 unspecified atom stereocenters. The Bertz CT molecular complexity index is 900. The summed E-state index contributed by atoms with van der Waals surface area (Å²) in [5.41, 5.74) is 3.19. The lowest BCUT2D eigenvalue weighted by atomic mass is 9.87. The Hall–Kier alpha value is -2.60. The second-order valence-electron chi connectivity index (χ2n) is 8.15. The molecular formula is C24H31FN2O3. The number of hydrogen-bond donors (Lipinski definition) is 1. The highest BCUT2D eigenvalue weighted by atomic mass is 19.1. The number of carbonyl (C=O) groups is 1. The number of ether oxygens (including phenoxy) is 2. The Kier molecular flexibility index (Phi) is 6.98. The van der Waals surface area contributed by atoms with Crippen molar-refractivity contribution < 1.29 is 18.7 Å². The standard InChI is InChI=1S/C24H31FN2O3/c1-15(2)24(28)26-16(3)23-20-13-22(30-5)21(29-4)12-18(20)9-10-27(23)14-17-7-6-8-19(25)11-17/h6-8,11-13,15-16,23H,9-10,14H2,1-5H3,(H,26,28)/t16-,23-/m0/s1. The number of hydrogen-bond acceptors (Lipinski definition) is 4. The summed E-state index contributed by atoms with van der Waals surface area (Å²) >= 11 is 0. The molecular weight excluding hydrogens is 383 g/mol. The molecule has 5 nitrogen and oxygen atoms in total. The maximum Gasteiger partial charge on any atom is 0.222 e. The molecule has 0 radical (unpaired) electrons. The average molecular weight is 415 g/mol. The molecule has 0 aliphatic carbocycles. The van der Waals surface area contributed by atoms with E-state index in [0.29, 0.717) is 18.0 Å². The van der Waals surface area contributed by atoms with Gasteiger partial charge < -0.3 is 14.8 Å². The minimum atomic E-state index is -0.242. The summed E-state index contributed by atoms with van der Waals surface area (Å²) in [4.78, 5) is 14.7. The van der Waals surface area contributed by atoms with E-state index in [1.165, 1.54) is 11.6 Å². The molecule has 1 aliphatic rings. The molecule has 0 saturated heterocycles. The zero-order valence-corrected chi connectivity index (χ0v) is 18.4. The predicted molar refractivity (Wildman–Crippen MR) is 115 cm³/mol. The normalized spacial score (nSPS) is 17.4. The minimum absolute atomic E-state index is 0.0146. The Balaban J connectivity index is 1.99. The number of halogens is 1. The fraction of sp³-hybridized carbons (Fsp3) is 0.458. The van der Waals surface area contributed by atoms with Crippen molar-refractivity contribution in [1.29, 1.82) is 0 Å². The lowest BCUT2D eigenvalue weighted by Gasteiger charge is -2.41. The Morgan fingerprint density at radius 2 is 1.87 bits per heavy atom. The van der Waals surface area contributed by atoms with Gasteiger partial charge in [0.2, 0.25) is 5.91 Å². The molecule has 0 saturated carbocycles. The number of carbonyl (C=O) groups excluding carboxylic acids is 1. The molecule has 3 rings (SSSR count). The molecule has 1 amide bonds. The van der Waals surface area contributed by atoms with Crippen molar-refractivity contribution >= 4 is 5.91 Å². The maximum atomic E-state index is 13.8. The predicted octanol–water partition coefficient (Wildman–Crippen LogP) is 4.10. The third-order valence-electron chi connectivity index (χ3n) is 5.67. The zero-order chi connectivity index (χ0) is 21.8. The van der Waals surface area contributed by atoms with Crippen LogP contribution in [-0.4, -0.2) is 37.6 Å². The minimum Gasteiger partial charge on any atom is -0.493 e. The molecule has 0 spiro atoms. The van der Waals surface area contributed by atoms with Crippen LogP contribution < -0.4 is 14.8 Å². The van der Waals surface area contributed by atoms with Crippen LogP contribution in [0.1, 0.15) is 43.5 Å². The van der Waals surface area contributed by atoms with Crippen molar-refractivity contribution in [3.8, 4) is 11.5 Å². The fourth-order valence-electron chi connectivity index (χ4n) is 4.13. The number of nitrogens with one attached hydrogen (secondary N) is 1. The van der Waals surface area contributed by atoms with Crippen LogP contribution in [0.4, 0.5) is 4.39 Å². The smallest absolute Gasteiger partial charge is 0.222 e. The summed E-state index contributed by atoms with van der Waals surface area (Å²) in [7, 11) is 3.25. The van der Waals surface area contributed by atoms with Crippen LogP contribution in [0.2, 0.25) is 0 Å². The summed E-state index contributed by atoms with van der Waals surface area (Å²) in [6.45, 7) is 7.18. The molecule has 2 atom stereocenters. The van der Waals surface area contributed by atoms with Crippen LogP contribution in [0.15, 0.2) is 36.4 Å². The van der Waals surface area contributed by atoms with Gasteiger partial charge in [0.15, 0.2) is 11.5 Å². The second-order valence-corrected chi connectivity index (χ2v) is 8.15. The van der Waals surface area contributed by atoms with Gasteiger partial charge in [-0.15, -0.1) is 0 Å². The van der Waals surface area contributed by atoms with Gasteiger partial charge in [0.05, 0.1) is 20.3 Å². The van der Waals surface area contributed by atoms with Gasteiger partial charge in [0, 0.05) is 25.0 Å². The van der Waals surface area contributed by atoms with Crippen molar-refractivity contribution in [2.45, 2.75) is 45.8 Å². The van der Waals surface area contributed by atoms with E-state index in [1.54, 1.807) is 26.4 Å². The highest BCUT2D eigenvalue weighted by Gasteiger charge is 2.34. The third kappa shape index (κ3) is 4.75. The first-order valence-electron chi connectivity index (χ1n) is 10.4. The SMILES string of the molecule is COc1cc2c(cc1OC)[C@H]([C@H](C)NC(=O)C(C)C)N(Cc1cccc(F)c1)CC2. The highest BCUT2D eigenvalue weighted by Crippen LogP contribution is 2.40. The fourth-order valence-corrected chi connectivity index (χ4v) is 4.13. The summed E-state index contributed by atoms with van der Waals surface area (Å²) in [6.07, 6.45) is 0.840. The van der Waals surface area contributed by atoms with E-state index in [0.717, 1.165) is 24.1 Å². The lowest BCUT2D eigenvalue weighted by Crippen LogP contribution is -2.48. The van der Waals surface area contributed by atoms with E-state index in [2.05, 4.69) is 10.2 Å². The number of methoxy groups -OCH3 is 2. The molecule has 1 aliphatic heterocycles. The van der Waals surface area contributed by atoms with Gasteiger partial charge in [-0.2, -0.15) is 0 Å². The van der Waals surface area contributed by atoms with Crippen molar-refractivity contribution in [2.75, 3.05) is 20.8 Å². The second kappa shape index (κ2) is 9.47. The summed E-state index contributed by atoms with van der Waals surface area (Å²) in [5.74, 6) is 1.04. The molecule has 1 heterocycles. The van der Waals surface area contributed by atoms with Gasteiger partial charge in [-0.05, 0) is 54.3 Å². The molecule has 0 aromatic heterocycles. The monoisotopic (exact) mass is 414 g/mol. The van der Waals surface area contributed by atoms with Crippen molar-refractivity contribution in [3.63, 3.8) is 0 Å². The first kappa shape index (κ1) is 22.1. The van der Waals surface area contributed by atoms with E-state index in [-0.39, 0.29) is 29.7 Å². The van der Waals surface area contributed by atoms with Crippen LogP contribution in [0.25, 0.3) is 0 Å². The zero-order valence-electron chi connectivity index (χ0n) is 18.4. The van der Waals surface area contributed by atoms with E-state index >= 15 is 0 Å². The van der Waals surface area contributed by atoms with Gasteiger partial charge in [-0.3, -0.25) is 9.69 Å². The summed E-state index contributed by atoms with van der Waals surface area (Å²) in [6, 6.07) is 10.5. The van der Waals surface area contributed by atoms with E-state index < -0.39 is 0 Å². The van der Waals surface area contributed by atoms with Crippen molar-refractivity contribution in [3.05, 3.63) is 58.9 Å². The summed E-state index contributed by atoms with van der Waals surface area (Å²) < 4.78 is 24.8. The van der Waals surface area contributed by atoms with Crippen molar-refractivity contribution in [2.24, 2.45) is 5.92 Å². The first-order chi connectivity index (χ1) is 14.3. The van der Waals surface area contributed by atoms with E-state index in [4.69, 9.17) is 9.47 Å². The van der Waals surface area contributed by atoms with Crippen LogP contribution in [-0.2, 0) is 17.8 Å². The third-order valence-corrected chi connectivity index (χ3v) is 5.67. The number of benzene rings is 2. The molecule has 2 aromatic carbocycles. The van der Waals surface area contributed by atoms with Crippen molar-refractivity contribution in [1.82, 2.24) is 10.2 Å². The van der Waals surface area contributed by atoms with Crippen LogP contribution in [0.5, 0.6) is 11.5 Å². The molecule has 30 heavy (non-hydrogen) atoms. The Labute approximate surface area is 178 Å². The molecule has 0 bridgehead atoms. The molecule has 162 valence electrons. The van der Waals surface area contributed by atoms with Crippen LogP contribution >= 0.6 is 0 Å². The molecule has 6 heteroatoms. The lowest BCUT2D eigenvalue weighted by molar-refractivity contribution is -0.125. The quantitative estimate of drug-likeness (QED) is 0.741. The van der Waals surface area contributed by atoms with Gasteiger partial charge >= 0.3 is 0 Å². The number of rotatable bonds is 7. The molecule has 0 fully saturated rings. The van der Waals surface area contributed by atoms with Gasteiger partial charge in [-0.25, -0.2) is 4.39 Å². The maximum absolute atomic E-state index is 13.8. The number of fused-ring (bicyclic) bond motifs is 1. The van der Waals surface area contributed by atoms with E-state index in [9.17, 15) is 9.18 Å². The van der Waals surface area contributed by atoms with Gasteiger partial charge in [-0.1, -0.05) is 26.0 Å². The van der Waals surface area contributed by atoms with Gasteiger partial charge in [0.25, 0.3) is 0 Å². The van der Waals surface area contributed by atoms with E-state index in [1.807, 2.05) is 39.0 Å². The number of amides is 1. The Morgan fingerprint density at radius 1 is 1.17 bits per heavy atom. The average Bonchev–Trinajstić information content (AvgIpc) is 2.72.